The second-order valence-corrected chi connectivity index (χ2v) is 5.67. The van der Waals surface area contributed by atoms with Crippen molar-refractivity contribution in [1.82, 2.24) is 5.32 Å². The van der Waals surface area contributed by atoms with Crippen molar-refractivity contribution >= 4 is 0 Å². The number of hydrogen-bond donors (Lipinski definition) is 2. The van der Waals surface area contributed by atoms with Crippen LogP contribution in [0.5, 0.6) is 5.75 Å². The van der Waals surface area contributed by atoms with Gasteiger partial charge in [-0.3, -0.25) is 0 Å². The van der Waals surface area contributed by atoms with Crippen LogP contribution in [0.1, 0.15) is 25.0 Å². The largest absolute Gasteiger partial charge is 0.491 e. The molecule has 3 nitrogen and oxygen atoms in total. The van der Waals surface area contributed by atoms with Crippen molar-refractivity contribution in [2.75, 3.05) is 13.2 Å². The normalized spacial score (nSPS) is 11.7. The summed E-state index contributed by atoms with van der Waals surface area (Å²) in [5.41, 5.74) is 1.93. The quantitative estimate of drug-likeness (QED) is 0.806. The van der Waals surface area contributed by atoms with Crippen LogP contribution in [0.2, 0.25) is 0 Å². The Labute approximate surface area is 138 Å². The molecule has 0 amide bonds. The first-order chi connectivity index (χ1) is 11.1. The summed E-state index contributed by atoms with van der Waals surface area (Å²) in [4.78, 5) is 0. The van der Waals surface area contributed by atoms with E-state index in [9.17, 15) is 5.11 Å². The molecule has 0 fully saturated rings. The highest BCUT2D eigenvalue weighted by Gasteiger charge is 2.05. The van der Waals surface area contributed by atoms with E-state index < -0.39 is 6.10 Å². The van der Waals surface area contributed by atoms with Gasteiger partial charge in [-0.25, -0.2) is 0 Å². The molecule has 0 aliphatic carbocycles. The highest BCUT2D eigenvalue weighted by Crippen LogP contribution is 2.12. The summed E-state index contributed by atoms with van der Waals surface area (Å²) in [7, 11) is 0. The molecule has 2 aromatic rings. The molecule has 2 N–H and O–H groups in total. The molecule has 120 valence electrons. The third-order valence-electron chi connectivity index (χ3n) is 3.18. The van der Waals surface area contributed by atoms with Crippen LogP contribution in [-0.4, -0.2) is 30.4 Å². The Kier molecular flexibility index (Phi) is 6.68. The van der Waals surface area contributed by atoms with Crippen molar-refractivity contribution < 1.29 is 9.84 Å². The van der Waals surface area contributed by atoms with E-state index in [0.29, 0.717) is 12.6 Å². The van der Waals surface area contributed by atoms with Gasteiger partial charge in [0.2, 0.25) is 0 Å². The standard InChI is InChI=1S/C20H23NO2/c1-16(2)21-14-19(22)15-23-20-12-10-18(11-13-20)9-8-17-6-4-3-5-7-17/h3-7,10-13,16,19,21-22H,14-15H2,1-2H3/t19-/m0/s1. The van der Waals surface area contributed by atoms with E-state index in [0.717, 1.165) is 16.9 Å². The highest BCUT2D eigenvalue weighted by atomic mass is 16.5. The number of nitrogens with one attached hydrogen (secondary N) is 1. The first kappa shape index (κ1) is 17.1. The smallest absolute Gasteiger partial charge is 0.119 e. The van der Waals surface area contributed by atoms with Crippen LogP contribution in [0, 0.1) is 11.8 Å². The van der Waals surface area contributed by atoms with Crippen molar-refractivity contribution in [3.05, 3.63) is 65.7 Å². The SMILES string of the molecule is CC(C)NC[C@H](O)COc1ccc(C#Cc2ccccc2)cc1. The molecule has 0 aliphatic heterocycles. The average Bonchev–Trinajstić information content (AvgIpc) is 2.58. The summed E-state index contributed by atoms with van der Waals surface area (Å²) < 4.78 is 5.58. The van der Waals surface area contributed by atoms with Crippen molar-refractivity contribution in [2.24, 2.45) is 0 Å². The zero-order valence-electron chi connectivity index (χ0n) is 13.6. The number of hydrogen-bond acceptors (Lipinski definition) is 3. The maximum absolute atomic E-state index is 9.81. The molecule has 0 unspecified atom stereocenters. The maximum atomic E-state index is 9.81. The van der Waals surface area contributed by atoms with E-state index in [1.54, 1.807) is 0 Å². The molecule has 0 bridgehead atoms. The van der Waals surface area contributed by atoms with Gasteiger partial charge in [-0.2, -0.15) is 0 Å². The maximum Gasteiger partial charge on any atom is 0.119 e. The van der Waals surface area contributed by atoms with Crippen molar-refractivity contribution in [3.63, 3.8) is 0 Å². The van der Waals surface area contributed by atoms with Crippen LogP contribution in [0.3, 0.4) is 0 Å². The number of aliphatic hydroxyl groups is 1. The molecule has 23 heavy (non-hydrogen) atoms. The number of rotatable bonds is 6. The average molecular weight is 309 g/mol. The molecule has 0 aliphatic rings. The van der Waals surface area contributed by atoms with E-state index >= 15 is 0 Å². The fraction of sp³-hybridized carbons (Fsp3) is 0.300. The van der Waals surface area contributed by atoms with E-state index in [-0.39, 0.29) is 6.61 Å². The summed E-state index contributed by atoms with van der Waals surface area (Å²) >= 11 is 0. The Morgan fingerprint density at radius 3 is 2.17 bits per heavy atom. The predicted octanol–water partition coefficient (Wildman–Crippen LogP) is 2.82. The second kappa shape index (κ2) is 8.99. The summed E-state index contributed by atoms with van der Waals surface area (Å²) in [6, 6.07) is 17.8. The lowest BCUT2D eigenvalue weighted by Crippen LogP contribution is -2.35. The monoisotopic (exact) mass is 309 g/mol. The summed E-state index contributed by atoms with van der Waals surface area (Å²) in [6.07, 6.45) is -0.519. The van der Waals surface area contributed by atoms with Crippen LogP contribution in [-0.2, 0) is 0 Å². The molecule has 0 saturated carbocycles. The first-order valence-corrected chi connectivity index (χ1v) is 7.85. The predicted molar refractivity (Wildman–Crippen MR) is 93.5 cm³/mol. The summed E-state index contributed by atoms with van der Waals surface area (Å²) in [6.45, 7) is 4.89. The highest BCUT2D eigenvalue weighted by molar-refractivity contribution is 5.44. The van der Waals surface area contributed by atoms with E-state index in [1.807, 2.05) is 68.4 Å². The zero-order chi connectivity index (χ0) is 16.5. The van der Waals surface area contributed by atoms with Gasteiger partial charge in [0, 0.05) is 23.7 Å². The van der Waals surface area contributed by atoms with Gasteiger partial charge in [0.05, 0.1) is 0 Å². The van der Waals surface area contributed by atoms with Crippen LogP contribution < -0.4 is 10.1 Å². The molecule has 0 radical (unpaired) electrons. The molecular weight excluding hydrogens is 286 g/mol. The zero-order valence-corrected chi connectivity index (χ0v) is 13.6. The van der Waals surface area contributed by atoms with Crippen LogP contribution in [0.4, 0.5) is 0 Å². The second-order valence-electron chi connectivity index (χ2n) is 5.67. The fourth-order valence-electron chi connectivity index (χ4n) is 1.92. The van der Waals surface area contributed by atoms with Crippen molar-refractivity contribution in [1.29, 1.82) is 0 Å². The molecule has 0 spiro atoms. The molecule has 2 rings (SSSR count). The molecule has 0 aromatic heterocycles. The molecule has 2 aromatic carbocycles. The third-order valence-corrected chi connectivity index (χ3v) is 3.18. The van der Waals surface area contributed by atoms with Crippen molar-refractivity contribution in [3.8, 4) is 17.6 Å². The van der Waals surface area contributed by atoms with Gasteiger partial charge in [0.15, 0.2) is 0 Å². The lowest BCUT2D eigenvalue weighted by Gasteiger charge is -2.14. The lowest BCUT2D eigenvalue weighted by atomic mass is 10.2. The fourth-order valence-corrected chi connectivity index (χ4v) is 1.92. The van der Waals surface area contributed by atoms with E-state index in [1.165, 1.54) is 0 Å². The Morgan fingerprint density at radius 2 is 1.57 bits per heavy atom. The van der Waals surface area contributed by atoms with Gasteiger partial charge < -0.3 is 15.2 Å². The van der Waals surface area contributed by atoms with Crippen LogP contribution in [0.25, 0.3) is 0 Å². The minimum Gasteiger partial charge on any atom is -0.491 e. The molecule has 0 heterocycles. The number of aliphatic hydroxyl groups excluding tert-OH is 1. The summed E-state index contributed by atoms with van der Waals surface area (Å²) in [5, 5.41) is 13.0. The van der Waals surface area contributed by atoms with Crippen molar-refractivity contribution in [2.45, 2.75) is 26.0 Å². The minimum atomic E-state index is -0.519. The Bertz CT molecular complexity index is 639. The Morgan fingerprint density at radius 1 is 0.957 bits per heavy atom. The third kappa shape index (κ3) is 6.56. The van der Waals surface area contributed by atoms with Crippen LogP contribution >= 0.6 is 0 Å². The summed E-state index contributed by atoms with van der Waals surface area (Å²) in [5.74, 6) is 6.97. The topological polar surface area (TPSA) is 41.5 Å². The van der Waals surface area contributed by atoms with E-state index in [4.69, 9.17) is 4.74 Å². The molecule has 0 saturated heterocycles. The number of ether oxygens (including phenoxy) is 1. The van der Waals surface area contributed by atoms with Gasteiger partial charge in [-0.05, 0) is 36.4 Å². The van der Waals surface area contributed by atoms with Gasteiger partial charge in [-0.15, -0.1) is 0 Å². The van der Waals surface area contributed by atoms with Gasteiger partial charge in [0.1, 0.15) is 18.5 Å². The van der Waals surface area contributed by atoms with Crippen LogP contribution in [0.15, 0.2) is 54.6 Å². The first-order valence-electron chi connectivity index (χ1n) is 7.85. The molecule has 3 heteroatoms. The Balaban J connectivity index is 1.84. The van der Waals surface area contributed by atoms with Gasteiger partial charge in [0.25, 0.3) is 0 Å². The van der Waals surface area contributed by atoms with Gasteiger partial charge >= 0.3 is 0 Å². The number of benzene rings is 2. The molecule has 1 atom stereocenters. The Hall–Kier alpha value is -2.28. The van der Waals surface area contributed by atoms with E-state index in [2.05, 4.69) is 17.2 Å². The minimum absolute atomic E-state index is 0.273. The molecular formula is C20H23NO2. The lowest BCUT2D eigenvalue weighted by molar-refractivity contribution is 0.104. The van der Waals surface area contributed by atoms with Gasteiger partial charge in [-0.1, -0.05) is 43.9 Å².